The first-order valence-electron chi connectivity index (χ1n) is 9.66. The predicted octanol–water partition coefficient (Wildman–Crippen LogP) is 5.40. The van der Waals surface area contributed by atoms with Gasteiger partial charge in [0.05, 0.1) is 6.04 Å². The summed E-state index contributed by atoms with van der Waals surface area (Å²) in [5, 5.41) is 1.51. The first-order chi connectivity index (χ1) is 12.2. The Morgan fingerprint density at radius 3 is 2.72 bits per heavy atom. The molecule has 25 heavy (non-hydrogen) atoms. The van der Waals surface area contributed by atoms with Crippen LogP contribution in [0.3, 0.4) is 0 Å². The lowest BCUT2D eigenvalue weighted by Gasteiger charge is -2.43. The van der Waals surface area contributed by atoms with Crippen LogP contribution in [0, 0.1) is 6.92 Å². The molecule has 0 saturated carbocycles. The van der Waals surface area contributed by atoms with E-state index in [0.29, 0.717) is 12.1 Å². The molecule has 5 rings (SSSR count). The molecule has 2 heterocycles. The molecule has 0 N–H and O–H groups in total. The van der Waals surface area contributed by atoms with E-state index < -0.39 is 0 Å². The molecule has 2 aliphatic rings. The van der Waals surface area contributed by atoms with Gasteiger partial charge in [-0.05, 0) is 56.4 Å². The van der Waals surface area contributed by atoms with Gasteiger partial charge in [0.25, 0.3) is 0 Å². The molecule has 2 aromatic carbocycles. The number of hydrogen-bond acceptors (Lipinski definition) is 1. The largest absolute Gasteiger partial charge is 0.342 e. The molecule has 0 radical (unpaired) electrons. The summed E-state index contributed by atoms with van der Waals surface area (Å²) in [4.78, 5) is 2.75. The minimum atomic E-state index is 0.477. The second-order valence-corrected chi connectivity index (χ2v) is 7.77. The molecular formula is C23H26N2. The normalized spacial score (nSPS) is 21.3. The SMILES string of the molecule is Cc1ccc2c(c1)c1c3n2CCN(C(C)c2ccccc2)C3CCC1. The molecule has 2 nitrogen and oxygen atoms in total. The number of rotatable bonds is 2. The number of hydrogen-bond donors (Lipinski definition) is 0. The molecule has 2 atom stereocenters. The van der Waals surface area contributed by atoms with Crippen LogP contribution in [-0.4, -0.2) is 16.0 Å². The quantitative estimate of drug-likeness (QED) is 0.610. The summed E-state index contributed by atoms with van der Waals surface area (Å²) in [6.45, 7) is 6.85. The lowest BCUT2D eigenvalue weighted by molar-refractivity contribution is 0.0973. The van der Waals surface area contributed by atoms with Crippen molar-refractivity contribution in [2.45, 2.75) is 51.7 Å². The van der Waals surface area contributed by atoms with Crippen LogP contribution < -0.4 is 0 Å². The molecule has 0 bridgehead atoms. The van der Waals surface area contributed by atoms with Crippen LogP contribution in [0.1, 0.15) is 54.2 Å². The Balaban J connectivity index is 1.63. The van der Waals surface area contributed by atoms with Gasteiger partial charge in [-0.3, -0.25) is 4.90 Å². The van der Waals surface area contributed by atoms with Crippen LogP contribution in [-0.2, 0) is 13.0 Å². The topological polar surface area (TPSA) is 8.17 Å². The number of benzene rings is 2. The fraction of sp³-hybridized carbons (Fsp3) is 0.391. The standard InChI is InChI=1S/C23H26N2/c1-16-11-12-21-20(15-16)19-9-6-10-22-23(19)25(21)14-13-24(22)17(2)18-7-4-3-5-8-18/h3-5,7-8,11-12,15,17,22H,6,9-10,13-14H2,1-2H3. The zero-order valence-electron chi connectivity index (χ0n) is 15.2. The van der Waals surface area contributed by atoms with Crippen LogP contribution in [0.4, 0.5) is 0 Å². The summed E-state index contributed by atoms with van der Waals surface area (Å²) >= 11 is 0. The average Bonchev–Trinajstić information content (AvgIpc) is 2.97. The van der Waals surface area contributed by atoms with Crippen molar-refractivity contribution in [2.75, 3.05) is 6.54 Å². The van der Waals surface area contributed by atoms with Gasteiger partial charge in [-0.1, -0.05) is 42.0 Å². The zero-order chi connectivity index (χ0) is 17.0. The minimum absolute atomic E-state index is 0.477. The van der Waals surface area contributed by atoms with Gasteiger partial charge in [-0.2, -0.15) is 0 Å². The van der Waals surface area contributed by atoms with Gasteiger partial charge in [-0.25, -0.2) is 0 Å². The van der Waals surface area contributed by atoms with Crippen molar-refractivity contribution in [2.24, 2.45) is 0 Å². The van der Waals surface area contributed by atoms with Crippen molar-refractivity contribution >= 4 is 10.9 Å². The third-order valence-electron chi connectivity index (χ3n) is 6.35. The summed E-state index contributed by atoms with van der Waals surface area (Å²) in [6.07, 6.45) is 3.84. The first-order valence-corrected chi connectivity index (χ1v) is 9.66. The van der Waals surface area contributed by atoms with Gasteiger partial charge in [0.15, 0.2) is 0 Å². The molecule has 1 aliphatic carbocycles. The molecule has 0 saturated heterocycles. The molecule has 2 unspecified atom stereocenters. The summed E-state index contributed by atoms with van der Waals surface area (Å²) in [5.41, 5.74) is 7.51. The molecule has 0 fully saturated rings. The highest BCUT2D eigenvalue weighted by atomic mass is 15.3. The second kappa shape index (κ2) is 5.74. The van der Waals surface area contributed by atoms with Crippen molar-refractivity contribution in [1.29, 1.82) is 0 Å². The van der Waals surface area contributed by atoms with Crippen LogP contribution in [0.15, 0.2) is 48.5 Å². The molecule has 2 heteroatoms. The van der Waals surface area contributed by atoms with Crippen LogP contribution >= 0.6 is 0 Å². The van der Waals surface area contributed by atoms with E-state index in [1.165, 1.54) is 41.3 Å². The highest BCUT2D eigenvalue weighted by Crippen LogP contribution is 2.45. The first kappa shape index (κ1) is 15.2. The molecule has 3 aromatic rings. The summed E-state index contributed by atoms with van der Waals surface area (Å²) in [6, 6.07) is 19.1. The van der Waals surface area contributed by atoms with Crippen molar-refractivity contribution in [3.63, 3.8) is 0 Å². The van der Waals surface area contributed by atoms with Crippen molar-refractivity contribution in [3.8, 4) is 0 Å². The fourth-order valence-electron chi connectivity index (χ4n) is 5.13. The van der Waals surface area contributed by atoms with Gasteiger partial charge in [-0.15, -0.1) is 0 Å². The maximum absolute atomic E-state index is 2.75. The molecule has 1 aliphatic heterocycles. The average molecular weight is 330 g/mol. The highest BCUT2D eigenvalue weighted by molar-refractivity contribution is 5.87. The van der Waals surface area contributed by atoms with E-state index in [4.69, 9.17) is 0 Å². The van der Waals surface area contributed by atoms with E-state index in [-0.39, 0.29) is 0 Å². The third kappa shape index (κ3) is 2.27. The van der Waals surface area contributed by atoms with Crippen molar-refractivity contribution in [1.82, 2.24) is 9.47 Å². The molecule has 0 spiro atoms. The smallest absolute Gasteiger partial charge is 0.0510 e. The number of aryl methyl sites for hydroxylation is 2. The van der Waals surface area contributed by atoms with E-state index in [9.17, 15) is 0 Å². The van der Waals surface area contributed by atoms with Crippen molar-refractivity contribution < 1.29 is 0 Å². The zero-order valence-corrected chi connectivity index (χ0v) is 15.2. The number of nitrogens with zero attached hydrogens (tertiary/aromatic N) is 2. The Labute approximate surface area is 150 Å². The van der Waals surface area contributed by atoms with E-state index in [1.807, 2.05) is 0 Å². The minimum Gasteiger partial charge on any atom is -0.342 e. The summed E-state index contributed by atoms with van der Waals surface area (Å²) in [5.74, 6) is 0. The lowest BCUT2D eigenvalue weighted by atomic mass is 9.88. The summed E-state index contributed by atoms with van der Waals surface area (Å²) < 4.78 is 2.63. The van der Waals surface area contributed by atoms with Crippen LogP contribution in [0.5, 0.6) is 0 Å². The Morgan fingerprint density at radius 2 is 1.88 bits per heavy atom. The van der Waals surface area contributed by atoms with Crippen LogP contribution in [0.25, 0.3) is 10.9 Å². The van der Waals surface area contributed by atoms with Crippen molar-refractivity contribution in [3.05, 3.63) is 70.9 Å². The maximum Gasteiger partial charge on any atom is 0.0510 e. The highest BCUT2D eigenvalue weighted by Gasteiger charge is 2.36. The Hall–Kier alpha value is -2.06. The monoisotopic (exact) mass is 330 g/mol. The fourth-order valence-corrected chi connectivity index (χ4v) is 5.13. The lowest BCUT2D eigenvalue weighted by Crippen LogP contribution is -2.41. The molecule has 1 aromatic heterocycles. The number of aromatic nitrogens is 1. The van der Waals surface area contributed by atoms with Gasteiger partial charge in [0, 0.05) is 35.7 Å². The number of fused-ring (bicyclic) bond motifs is 3. The second-order valence-electron chi connectivity index (χ2n) is 7.77. The maximum atomic E-state index is 2.75. The molecule has 128 valence electrons. The van der Waals surface area contributed by atoms with Gasteiger partial charge in [0.1, 0.15) is 0 Å². The Bertz CT molecular complexity index is 922. The van der Waals surface area contributed by atoms with Gasteiger partial charge < -0.3 is 4.57 Å². The Kier molecular flexibility index (Phi) is 3.49. The third-order valence-corrected chi connectivity index (χ3v) is 6.35. The van der Waals surface area contributed by atoms with E-state index in [2.05, 4.69) is 71.8 Å². The molecule has 0 amide bonds. The van der Waals surface area contributed by atoms with Gasteiger partial charge in [0.2, 0.25) is 0 Å². The summed E-state index contributed by atoms with van der Waals surface area (Å²) in [7, 11) is 0. The van der Waals surface area contributed by atoms with E-state index >= 15 is 0 Å². The van der Waals surface area contributed by atoms with E-state index in [1.54, 1.807) is 11.3 Å². The molecular weight excluding hydrogens is 304 g/mol. The van der Waals surface area contributed by atoms with Gasteiger partial charge >= 0.3 is 0 Å². The van der Waals surface area contributed by atoms with Crippen LogP contribution in [0.2, 0.25) is 0 Å². The van der Waals surface area contributed by atoms with E-state index in [0.717, 1.165) is 13.1 Å². The Morgan fingerprint density at radius 1 is 1.04 bits per heavy atom. The predicted molar refractivity (Wildman–Crippen MR) is 104 cm³/mol.